The molecule has 1 fully saturated rings. The van der Waals surface area contributed by atoms with Crippen LogP contribution >= 0.6 is 0 Å². The summed E-state index contributed by atoms with van der Waals surface area (Å²) in [5.41, 5.74) is 5.35. The Morgan fingerprint density at radius 3 is 2.42 bits per heavy atom. The van der Waals surface area contributed by atoms with Gasteiger partial charge in [-0.2, -0.15) is 0 Å². The molecule has 0 atom stereocenters. The molecule has 0 spiro atoms. The van der Waals surface area contributed by atoms with E-state index >= 15 is 0 Å². The van der Waals surface area contributed by atoms with Gasteiger partial charge in [0.15, 0.2) is 0 Å². The highest BCUT2D eigenvalue weighted by Gasteiger charge is 2.41. The third-order valence-electron chi connectivity index (χ3n) is 4.27. The standard InChI is InChI=1S/C16H25NO2/c1-6-17-8-16(9-19-10-16)14-7-11(2)15(18-5)13(4)12(14)3/h7,17H,6,8-10H2,1-5H3. The summed E-state index contributed by atoms with van der Waals surface area (Å²) in [7, 11) is 1.75. The molecule has 0 bridgehead atoms. The maximum absolute atomic E-state index is 5.51. The number of aryl methyl sites for hydroxylation is 1. The molecule has 1 aliphatic heterocycles. The van der Waals surface area contributed by atoms with Crippen LogP contribution in [-0.4, -0.2) is 33.4 Å². The van der Waals surface area contributed by atoms with Crippen molar-refractivity contribution in [3.05, 3.63) is 28.3 Å². The van der Waals surface area contributed by atoms with Crippen LogP contribution in [0.1, 0.15) is 29.2 Å². The van der Waals surface area contributed by atoms with Crippen molar-refractivity contribution in [2.24, 2.45) is 0 Å². The molecule has 1 N–H and O–H groups in total. The van der Waals surface area contributed by atoms with Crippen LogP contribution < -0.4 is 10.1 Å². The van der Waals surface area contributed by atoms with Crippen LogP contribution in [0.5, 0.6) is 5.75 Å². The predicted molar refractivity (Wildman–Crippen MR) is 78.2 cm³/mol. The minimum absolute atomic E-state index is 0.141. The largest absolute Gasteiger partial charge is 0.496 e. The van der Waals surface area contributed by atoms with E-state index in [0.29, 0.717) is 0 Å². The summed E-state index contributed by atoms with van der Waals surface area (Å²) < 4.78 is 11.0. The van der Waals surface area contributed by atoms with Crippen molar-refractivity contribution in [2.45, 2.75) is 33.1 Å². The molecule has 0 aromatic heterocycles. The van der Waals surface area contributed by atoms with E-state index in [1.807, 2.05) is 0 Å². The molecule has 1 aromatic carbocycles. The fourth-order valence-electron chi connectivity index (χ4n) is 2.99. The molecule has 1 aliphatic rings. The molecule has 3 heteroatoms. The van der Waals surface area contributed by atoms with Gasteiger partial charge >= 0.3 is 0 Å². The number of benzene rings is 1. The first-order valence-corrected chi connectivity index (χ1v) is 6.99. The van der Waals surface area contributed by atoms with Crippen LogP contribution in [0.25, 0.3) is 0 Å². The third kappa shape index (κ3) is 2.37. The van der Waals surface area contributed by atoms with Crippen LogP contribution in [0.3, 0.4) is 0 Å². The Balaban J connectivity index is 2.44. The van der Waals surface area contributed by atoms with Gasteiger partial charge in [0.1, 0.15) is 5.75 Å². The number of likely N-dealkylation sites (N-methyl/N-ethyl adjacent to an activating group) is 1. The van der Waals surface area contributed by atoms with Crippen molar-refractivity contribution in [1.29, 1.82) is 0 Å². The number of hydrogen-bond donors (Lipinski definition) is 1. The number of hydrogen-bond acceptors (Lipinski definition) is 3. The van der Waals surface area contributed by atoms with Crippen LogP contribution in [0.15, 0.2) is 6.07 Å². The summed E-state index contributed by atoms with van der Waals surface area (Å²) in [6.45, 7) is 12.2. The van der Waals surface area contributed by atoms with E-state index in [2.05, 4.69) is 39.1 Å². The molecule has 19 heavy (non-hydrogen) atoms. The van der Waals surface area contributed by atoms with E-state index in [-0.39, 0.29) is 5.41 Å². The highest BCUT2D eigenvalue weighted by Crippen LogP contribution is 2.39. The minimum atomic E-state index is 0.141. The predicted octanol–water partition coefficient (Wildman–Crippen LogP) is 2.50. The maximum Gasteiger partial charge on any atom is 0.124 e. The van der Waals surface area contributed by atoms with Crippen molar-refractivity contribution in [3.63, 3.8) is 0 Å². The van der Waals surface area contributed by atoms with Gasteiger partial charge in [0.05, 0.1) is 25.7 Å². The third-order valence-corrected chi connectivity index (χ3v) is 4.27. The molecular formula is C16H25NO2. The summed E-state index contributed by atoms with van der Waals surface area (Å²) in [6, 6.07) is 2.28. The van der Waals surface area contributed by atoms with E-state index < -0.39 is 0 Å². The lowest BCUT2D eigenvalue weighted by molar-refractivity contribution is -0.0591. The Morgan fingerprint density at radius 2 is 1.95 bits per heavy atom. The molecule has 0 saturated carbocycles. The van der Waals surface area contributed by atoms with Crippen molar-refractivity contribution >= 4 is 0 Å². The number of nitrogens with one attached hydrogen (secondary N) is 1. The molecule has 1 saturated heterocycles. The number of methoxy groups -OCH3 is 1. The van der Waals surface area contributed by atoms with E-state index in [1.165, 1.54) is 22.3 Å². The van der Waals surface area contributed by atoms with Gasteiger partial charge in [-0.3, -0.25) is 0 Å². The Hall–Kier alpha value is -1.06. The van der Waals surface area contributed by atoms with Gasteiger partial charge in [-0.15, -0.1) is 0 Å². The molecule has 1 heterocycles. The minimum Gasteiger partial charge on any atom is -0.496 e. The van der Waals surface area contributed by atoms with Crippen molar-refractivity contribution in [3.8, 4) is 5.75 Å². The zero-order valence-electron chi connectivity index (χ0n) is 12.7. The lowest BCUT2D eigenvalue weighted by Gasteiger charge is -2.43. The van der Waals surface area contributed by atoms with Gasteiger partial charge in [-0.05, 0) is 49.6 Å². The van der Waals surface area contributed by atoms with Crippen molar-refractivity contribution in [2.75, 3.05) is 33.4 Å². The van der Waals surface area contributed by atoms with Gasteiger partial charge in [0.2, 0.25) is 0 Å². The highest BCUT2D eigenvalue weighted by molar-refractivity contribution is 5.52. The fourth-order valence-corrected chi connectivity index (χ4v) is 2.99. The van der Waals surface area contributed by atoms with Gasteiger partial charge < -0.3 is 14.8 Å². The SMILES string of the molecule is CCNCC1(c2cc(C)c(OC)c(C)c2C)COC1. The van der Waals surface area contributed by atoms with Gasteiger partial charge in [-0.1, -0.05) is 13.0 Å². The van der Waals surface area contributed by atoms with Crippen molar-refractivity contribution in [1.82, 2.24) is 5.32 Å². The Bertz CT molecular complexity index is 464. The van der Waals surface area contributed by atoms with E-state index in [0.717, 1.165) is 32.1 Å². The number of ether oxygens (including phenoxy) is 2. The Labute approximate surface area is 116 Å². The molecule has 3 nitrogen and oxygen atoms in total. The highest BCUT2D eigenvalue weighted by atomic mass is 16.5. The summed E-state index contributed by atoms with van der Waals surface area (Å²) in [6.07, 6.45) is 0. The summed E-state index contributed by atoms with van der Waals surface area (Å²) >= 11 is 0. The average molecular weight is 263 g/mol. The van der Waals surface area contributed by atoms with Crippen LogP contribution in [0.2, 0.25) is 0 Å². The maximum atomic E-state index is 5.51. The summed E-state index contributed by atoms with van der Waals surface area (Å²) in [5.74, 6) is 1.01. The van der Waals surface area contributed by atoms with Crippen LogP contribution in [-0.2, 0) is 10.2 Å². The molecule has 0 amide bonds. The Kier molecular flexibility index (Phi) is 4.16. The second-order valence-electron chi connectivity index (χ2n) is 5.58. The average Bonchev–Trinajstić information content (AvgIpc) is 2.34. The lowest BCUT2D eigenvalue weighted by atomic mass is 9.75. The monoisotopic (exact) mass is 263 g/mol. The van der Waals surface area contributed by atoms with Crippen LogP contribution in [0.4, 0.5) is 0 Å². The summed E-state index contributed by atoms with van der Waals surface area (Å²) in [5, 5.41) is 3.47. The summed E-state index contributed by atoms with van der Waals surface area (Å²) in [4.78, 5) is 0. The number of rotatable bonds is 5. The lowest BCUT2D eigenvalue weighted by Crippen LogP contribution is -2.54. The second kappa shape index (κ2) is 5.51. The fraction of sp³-hybridized carbons (Fsp3) is 0.625. The first-order valence-electron chi connectivity index (χ1n) is 6.99. The van der Waals surface area contributed by atoms with E-state index in [1.54, 1.807) is 7.11 Å². The molecule has 1 aromatic rings. The first kappa shape index (κ1) is 14.4. The van der Waals surface area contributed by atoms with Crippen LogP contribution in [0, 0.1) is 20.8 Å². The topological polar surface area (TPSA) is 30.5 Å². The van der Waals surface area contributed by atoms with Gasteiger partial charge in [-0.25, -0.2) is 0 Å². The molecule has 0 unspecified atom stereocenters. The van der Waals surface area contributed by atoms with E-state index in [4.69, 9.17) is 9.47 Å². The second-order valence-corrected chi connectivity index (χ2v) is 5.58. The zero-order chi connectivity index (χ0) is 14.0. The van der Waals surface area contributed by atoms with E-state index in [9.17, 15) is 0 Å². The Morgan fingerprint density at radius 1 is 1.26 bits per heavy atom. The first-order chi connectivity index (χ1) is 9.05. The van der Waals surface area contributed by atoms with Gasteiger partial charge in [0, 0.05) is 6.54 Å². The molecule has 0 radical (unpaired) electrons. The molecule has 106 valence electrons. The van der Waals surface area contributed by atoms with Crippen molar-refractivity contribution < 1.29 is 9.47 Å². The zero-order valence-corrected chi connectivity index (χ0v) is 12.7. The molecular weight excluding hydrogens is 238 g/mol. The van der Waals surface area contributed by atoms with Gasteiger partial charge in [0.25, 0.3) is 0 Å². The quantitative estimate of drug-likeness (QED) is 0.885. The smallest absolute Gasteiger partial charge is 0.124 e. The normalized spacial score (nSPS) is 17.1. The molecule has 0 aliphatic carbocycles. The molecule has 2 rings (SSSR count).